The Balaban J connectivity index is 1.64. The van der Waals surface area contributed by atoms with Crippen LogP contribution in [0.15, 0.2) is 73.1 Å². The van der Waals surface area contributed by atoms with Gasteiger partial charge in [-0.15, -0.1) is 0 Å². The van der Waals surface area contributed by atoms with Gasteiger partial charge in [0.15, 0.2) is 0 Å². The van der Waals surface area contributed by atoms with Gasteiger partial charge in [0.05, 0.1) is 5.69 Å². The fourth-order valence-corrected chi connectivity index (χ4v) is 2.41. The summed E-state index contributed by atoms with van der Waals surface area (Å²) in [6.45, 7) is 0. The predicted octanol–water partition coefficient (Wildman–Crippen LogP) is 4.32. The molecule has 0 unspecified atom stereocenters. The van der Waals surface area contributed by atoms with Gasteiger partial charge in [-0.2, -0.15) is 0 Å². The molecule has 0 amide bonds. The van der Waals surface area contributed by atoms with Gasteiger partial charge in [-0.05, 0) is 49.1 Å². The predicted molar refractivity (Wildman–Crippen MR) is 85.9 cm³/mol. The lowest BCUT2D eigenvalue weighted by atomic mass is 10.1. The molecule has 1 aromatic carbocycles. The molecule has 0 aliphatic heterocycles. The largest absolute Gasteiger partial charge is 0.264 e. The van der Waals surface area contributed by atoms with E-state index in [0.717, 1.165) is 36.2 Å². The molecule has 0 saturated carbocycles. The molecular formula is C19H18N2. The number of aromatic nitrogens is 2. The highest BCUT2D eigenvalue weighted by atomic mass is 14.7. The maximum Gasteiger partial charge on any atom is 0.0720 e. The number of nitrogens with zero attached hydrogens (tertiary/aromatic N) is 2. The SMILES string of the molecule is c1ccc(CCCc2cccc(-c3cccnc3)n2)cc1. The van der Waals surface area contributed by atoms with E-state index in [9.17, 15) is 0 Å². The summed E-state index contributed by atoms with van der Waals surface area (Å²) in [6, 6.07) is 20.8. The second-order valence-electron chi connectivity index (χ2n) is 5.10. The summed E-state index contributed by atoms with van der Waals surface area (Å²) in [7, 11) is 0. The molecule has 2 nitrogen and oxygen atoms in total. The van der Waals surface area contributed by atoms with Gasteiger partial charge in [0, 0.05) is 23.7 Å². The van der Waals surface area contributed by atoms with Crippen LogP contribution in [0, 0.1) is 0 Å². The van der Waals surface area contributed by atoms with Crippen LogP contribution in [0.5, 0.6) is 0 Å². The minimum Gasteiger partial charge on any atom is -0.264 e. The molecule has 0 saturated heterocycles. The molecule has 0 N–H and O–H groups in total. The van der Waals surface area contributed by atoms with Crippen LogP contribution in [0.25, 0.3) is 11.3 Å². The summed E-state index contributed by atoms with van der Waals surface area (Å²) in [4.78, 5) is 8.89. The molecule has 2 heteroatoms. The van der Waals surface area contributed by atoms with Gasteiger partial charge in [0.2, 0.25) is 0 Å². The summed E-state index contributed by atoms with van der Waals surface area (Å²) in [5.74, 6) is 0. The second kappa shape index (κ2) is 6.80. The number of hydrogen-bond acceptors (Lipinski definition) is 2. The third-order valence-electron chi connectivity index (χ3n) is 3.51. The Bertz CT molecular complexity index is 678. The van der Waals surface area contributed by atoms with Gasteiger partial charge in [-0.1, -0.05) is 36.4 Å². The number of benzene rings is 1. The van der Waals surface area contributed by atoms with E-state index < -0.39 is 0 Å². The molecule has 3 aromatic rings. The Hall–Kier alpha value is -2.48. The molecule has 0 aliphatic rings. The molecule has 0 bridgehead atoms. The van der Waals surface area contributed by atoms with Crippen molar-refractivity contribution in [2.45, 2.75) is 19.3 Å². The van der Waals surface area contributed by atoms with E-state index in [2.05, 4.69) is 47.4 Å². The standard InChI is InChI=1S/C19H18N2/c1-2-7-16(8-3-1)9-4-11-18-12-5-13-19(21-18)17-10-6-14-20-15-17/h1-3,5-8,10,12-15H,4,9,11H2. The highest BCUT2D eigenvalue weighted by Gasteiger charge is 2.01. The monoisotopic (exact) mass is 274 g/mol. The molecule has 0 atom stereocenters. The van der Waals surface area contributed by atoms with Crippen LogP contribution in [0.2, 0.25) is 0 Å². The molecule has 0 aliphatic carbocycles. The van der Waals surface area contributed by atoms with Crippen LogP contribution in [0.1, 0.15) is 17.7 Å². The Morgan fingerprint density at radius 1 is 0.762 bits per heavy atom. The van der Waals surface area contributed by atoms with Gasteiger partial charge in [-0.25, -0.2) is 0 Å². The van der Waals surface area contributed by atoms with Gasteiger partial charge in [0.25, 0.3) is 0 Å². The van der Waals surface area contributed by atoms with Crippen LogP contribution in [-0.2, 0) is 12.8 Å². The summed E-state index contributed by atoms with van der Waals surface area (Å²) < 4.78 is 0. The van der Waals surface area contributed by atoms with Crippen LogP contribution < -0.4 is 0 Å². The van der Waals surface area contributed by atoms with Gasteiger partial charge >= 0.3 is 0 Å². The van der Waals surface area contributed by atoms with Crippen molar-refractivity contribution in [2.24, 2.45) is 0 Å². The smallest absolute Gasteiger partial charge is 0.0720 e. The second-order valence-corrected chi connectivity index (χ2v) is 5.10. The maximum atomic E-state index is 4.73. The zero-order valence-electron chi connectivity index (χ0n) is 11.9. The summed E-state index contributed by atoms with van der Waals surface area (Å²) in [5.41, 5.74) is 4.61. The van der Waals surface area contributed by atoms with Gasteiger partial charge in [-0.3, -0.25) is 9.97 Å². The normalized spacial score (nSPS) is 10.5. The van der Waals surface area contributed by atoms with Crippen LogP contribution in [0.3, 0.4) is 0 Å². The van der Waals surface area contributed by atoms with Crippen LogP contribution in [0.4, 0.5) is 0 Å². The van der Waals surface area contributed by atoms with Crippen molar-refractivity contribution in [1.82, 2.24) is 9.97 Å². The molecule has 3 rings (SSSR count). The summed E-state index contributed by atoms with van der Waals surface area (Å²) in [5, 5.41) is 0. The molecule has 0 radical (unpaired) electrons. The first-order valence-corrected chi connectivity index (χ1v) is 7.32. The molecule has 2 aromatic heterocycles. The van der Waals surface area contributed by atoms with E-state index >= 15 is 0 Å². The van der Waals surface area contributed by atoms with Crippen molar-refractivity contribution in [2.75, 3.05) is 0 Å². The van der Waals surface area contributed by atoms with E-state index in [1.165, 1.54) is 5.56 Å². The minimum absolute atomic E-state index is 1.00. The van der Waals surface area contributed by atoms with Crippen LogP contribution in [-0.4, -0.2) is 9.97 Å². The highest BCUT2D eigenvalue weighted by molar-refractivity contribution is 5.57. The van der Waals surface area contributed by atoms with Crippen molar-refractivity contribution in [3.05, 3.63) is 84.3 Å². The van der Waals surface area contributed by atoms with E-state index in [-0.39, 0.29) is 0 Å². The van der Waals surface area contributed by atoms with Crippen molar-refractivity contribution in [3.8, 4) is 11.3 Å². The van der Waals surface area contributed by atoms with E-state index in [4.69, 9.17) is 4.98 Å². The van der Waals surface area contributed by atoms with E-state index in [1.807, 2.05) is 24.4 Å². The Morgan fingerprint density at radius 2 is 1.67 bits per heavy atom. The third kappa shape index (κ3) is 3.76. The lowest BCUT2D eigenvalue weighted by Gasteiger charge is -2.05. The molecular weight excluding hydrogens is 256 g/mol. The molecule has 0 fully saturated rings. The topological polar surface area (TPSA) is 25.8 Å². The molecule has 2 heterocycles. The Kier molecular flexibility index (Phi) is 4.37. The van der Waals surface area contributed by atoms with Crippen molar-refractivity contribution >= 4 is 0 Å². The lowest BCUT2D eigenvalue weighted by Crippen LogP contribution is -1.94. The Morgan fingerprint density at radius 3 is 2.48 bits per heavy atom. The van der Waals surface area contributed by atoms with Gasteiger partial charge < -0.3 is 0 Å². The number of aryl methyl sites for hydroxylation is 2. The quantitative estimate of drug-likeness (QED) is 0.692. The fourth-order valence-electron chi connectivity index (χ4n) is 2.41. The number of pyridine rings is 2. The number of rotatable bonds is 5. The minimum atomic E-state index is 1.00. The maximum absolute atomic E-state index is 4.73. The van der Waals surface area contributed by atoms with Gasteiger partial charge in [0.1, 0.15) is 0 Å². The first kappa shape index (κ1) is 13.5. The Labute approximate surface area is 125 Å². The highest BCUT2D eigenvalue weighted by Crippen LogP contribution is 2.16. The zero-order chi connectivity index (χ0) is 14.3. The van der Waals surface area contributed by atoms with E-state index in [1.54, 1.807) is 6.20 Å². The van der Waals surface area contributed by atoms with Crippen LogP contribution >= 0.6 is 0 Å². The number of hydrogen-bond donors (Lipinski definition) is 0. The van der Waals surface area contributed by atoms with Crippen molar-refractivity contribution < 1.29 is 0 Å². The first-order chi connectivity index (χ1) is 10.4. The third-order valence-corrected chi connectivity index (χ3v) is 3.51. The first-order valence-electron chi connectivity index (χ1n) is 7.32. The summed E-state index contributed by atoms with van der Waals surface area (Å²) >= 11 is 0. The van der Waals surface area contributed by atoms with E-state index in [0.29, 0.717) is 0 Å². The average Bonchev–Trinajstić information content (AvgIpc) is 2.57. The molecule has 21 heavy (non-hydrogen) atoms. The summed E-state index contributed by atoms with van der Waals surface area (Å²) in [6.07, 6.45) is 6.86. The van der Waals surface area contributed by atoms with Crippen molar-refractivity contribution in [3.63, 3.8) is 0 Å². The fraction of sp³-hybridized carbons (Fsp3) is 0.158. The molecule has 104 valence electrons. The average molecular weight is 274 g/mol. The zero-order valence-corrected chi connectivity index (χ0v) is 11.9. The molecule has 0 spiro atoms. The van der Waals surface area contributed by atoms with Crippen molar-refractivity contribution in [1.29, 1.82) is 0 Å². The lowest BCUT2D eigenvalue weighted by molar-refractivity contribution is 0.800.